The second-order valence-electron chi connectivity index (χ2n) is 4.14. The van der Waals surface area contributed by atoms with E-state index in [1.807, 2.05) is 20.8 Å². The first-order chi connectivity index (χ1) is 7.47. The molecular weight excluding hydrogens is 208 g/mol. The molecule has 0 saturated carbocycles. The van der Waals surface area contributed by atoms with Crippen molar-refractivity contribution in [2.45, 2.75) is 52.1 Å². The molecule has 0 aliphatic rings. The van der Waals surface area contributed by atoms with Crippen molar-refractivity contribution >= 4 is 11.9 Å². The Labute approximate surface area is 96.6 Å². The number of carbonyl (C=O) groups excluding carboxylic acids is 1. The number of carboxylic acids is 1. The molecule has 0 spiro atoms. The van der Waals surface area contributed by atoms with Crippen LogP contribution in [0, 0.1) is 0 Å². The molecule has 1 atom stereocenters. The van der Waals surface area contributed by atoms with Crippen LogP contribution < -0.4 is 10.6 Å². The quantitative estimate of drug-likeness (QED) is 0.575. The van der Waals surface area contributed by atoms with Crippen LogP contribution in [0.4, 0.5) is 0 Å². The van der Waals surface area contributed by atoms with Crippen LogP contribution in [0.2, 0.25) is 0 Å². The summed E-state index contributed by atoms with van der Waals surface area (Å²) in [4.78, 5) is 22.1. The van der Waals surface area contributed by atoms with Crippen LogP contribution in [-0.4, -0.2) is 35.6 Å². The molecule has 0 aromatic carbocycles. The number of hydrogen-bond donors (Lipinski definition) is 3. The van der Waals surface area contributed by atoms with E-state index < -0.39 is 12.0 Å². The van der Waals surface area contributed by atoms with Gasteiger partial charge in [0.1, 0.15) is 6.04 Å². The van der Waals surface area contributed by atoms with Gasteiger partial charge in [0, 0.05) is 6.04 Å². The average molecular weight is 230 g/mol. The minimum Gasteiger partial charge on any atom is -0.480 e. The fourth-order valence-electron chi connectivity index (χ4n) is 1.31. The normalized spacial score (nSPS) is 12.5. The summed E-state index contributed by atoms with van der Waals surface area (Å²) in [7, 11) is 0. The Morgan fingerprint density at radius 1 is 1.31 bits per heavy atom. The van der Waals surface area contributed by atoms with Gasteiger partial charge in [-0.05, 0) is 20.3 Å². The third-order valence-corrected chi connectivity index (χ3v) is 2.10. The highest BCUT2D eigenvalue weighted by Gasteiger charge is 2.17. The average Bonchev–Trinajstić information content (AvgIpc) is 2.16. The highest BCUT2D eigenvalue weighted by molar-refractivity contribution is 5.80. The molecule has 0 aliphatic heterocycles. The molecule has 0 aromatic heterocycles. The Kier molecular flexibility index (Phi) is 7.54. The van der Waals surface area contributed by atoms with Crippen LogP contribution >= 0.6 is 0 Å². The minimum absolute atomic E-state index is 0.0544. The predicted octanol–water partition coefficient (Wildman–Crippen LogP) is 0.744. The zero-order valence-electron chi connectivity index (χ0n) is 10.2. The largest absolute Gasteiger partial charge is 0.480 e. The first-order valence-electron chi connectivity index (χ1n) is 5.73. The molecule has 94 valence electrons. The molecule has 0 rings (SSSR count). The second-order valence-corrected chi connectivity index (χ2v) is 4.14. The fraction of sp³-hybridized carbons (Fsp3) is 0.818. The first kappa shape index (κ1) is 14.9. The van der Waals surface area contributed by atoms with Gasteiger partial charge in [-0.3, -0.25) is 14.9 Å². The Morgan fingerprint density at radius 3 is 2.38 bits per heavy atom. The highest BCUT2D eigenvalue weighted by Crippen LogP contribution is 2.00. The molecule has 0 fully saturated rings. The SMILES string of the molecule is CCCCC(NCC(=O)NC(C)C)C(=O)O. The zero-order chi connectivity index (χ0) is 12.6. The molecular formula is C11H22N2O3. The van der Waals surface area contributed by atoms with Crippen molar-refractivity contribution in [3.63, 3.8) is 0 Å². The van der Waals surface area contributed by atoms with E-state index in [1.54, 1.807) is 0 Å². The standard InChI is InChI=1S/C11H22N2O3/c1-4-5-6-9(11(15)16)12-7-10(14)13-8(2)3/h8-9,12H,4-7H2,1-3H3,(H,13,14)(H,15,16). The Morgan fingerprint density at radius 2 is 1.94 bits per heavy atom. The van der Waals surface area contributed by atoms with Crippen LogP contribution in [0.3, 0.4) is 0 Å². The fourth-order valence-corrected chi connectivity index (χ4v) is 1.31. The molecule has 0 aliphatic carbocycles. The van der Waals surface area contributed by atoms with Crippen molar-refractivity contribution in [2.24, 2.45) is 0 Å². The van der Waals surface area contributed by atoms with Gasteiger partial charge >= 0.3 is 5.97 Å². The van der Waals surface area contributed by atoms with Gasteiger partial charge < -0.3 is 10.4 Å². The highest BCUT2D eigenvalue weighted by atomic mass is 16.4. The Balaban J connectivity index is 3.92. The van der Waals surface area contributed by atoms with E-state index >= 15 is 0 Å². The lowest BCUT2D eigenvalue weighted by Crippen LogP contribution is -2.44. The molecule has 0 heterocycles. The maximum atomic E-state index is 11.3. The number of unbranched alkanes of at least 4 members (excludes halogenated alkanes) is 1. The lowest BCUT2D eigenvalue weighted by atomic mass is 10.1. The van der Waals surface area contributed by atoms with Crippen LogP contribution in [0.1, 0.15) is 40.0 Å². The van der Waals surface area contributed by atoms with E-state index in [0.717, 1.165) is 12.8 Å². The number of hydrogen-bond acceptors (Lipinski definition) is 3. The molecule has 1 amide bonds. The molecule has 1 unspecified atom stereocenters. The summed E-state index contributed by atoms with van der Waals surface area (Å²) in [6, 6.07) is -0.550. The number of rotatable bonds is 8. The van der Waals surface area contributed by atoms with E-state index in [1.165, 1.54) is 0 Å². The summed E-state index contributed by atoms with van der Waals surface area (Å²) >= 11 is 0. The van der Waals surface area contributed by atoms with Gasteiger partial charge in [-0.1, -0.05) is 19.8 Å². The summed E-state index contributed by atoms with van der Waals surface area (Å²) < 4.78 is 0. The van der Waals surface area contributed by atoms with Gasteiger partial charge in [-0.2, -0.15) is 0 Å². The second kappa shape index (κ2) is 8.10. The smallest absolute Gasteiger partial charge is 0.320 e. The molecule has 0 saturated heterocycles. The summed E-state index contributed by atoms with van der Waals surface area (Å²) in [6.45, 7) is 5.79. The molecule has 5 heteroatoms. The minimum atomic E-state index is -0.897. The molecule has 0 aromatic rings. The predicted molar refractivity (Wildman–Crippen MR) is 62.2 cm³/mol. The number of carbonyl (C=O) groups is 2. The third kappa shape index (κ3) is 7.23. The molecule has 3 N–H and O–H groups in total. The lowest BCUT2D eigenvalue weighted by molar-refractivity contribution is -0.139. The van der Waals surface area contributed by atoms with Crippen molar-refractivity contribution in [1.82, 2.24) is 10.6 Å². The van der Waals surface area contributed by atoms with Gasteiger partial charge in [-0.15, -0.1) is 0 Å². The molecule has 5 nitrogen and oxygen atoms in total. The number of carboxylic acid groups (broad SMARTS) is 1. The van der Waals surface area contributed by atoms with E-state index in [0.29, 0.717) is 6.42 Å². The van der Waals surface area contributed by atoms with Gasteiger partial charge in [0.25, 0.3) is 0 Å². The van der Waals surface area contributed by atoms with E-state index in [9.17, 15) is 9.59 Å². The maximum Gasteiger partial charge on any atom is 0.320 e. The maximum absolute atomic E-state index is 11.3. The van der Waals surface area contributed by atoms with Crippen molar-refractivity contribution in [1.29, 1.82) is 0 Å². The topological polar surface area (TPSA) is 78.4 Å². The van der Waals surface area contributed by atoms with E-state index in [4.69, 9.17) is 5.11 Å². The van der Waals surface area contributed by atoms with Crippen molar-refractivity contribution in [3.05, 3.63) is 0 Å². The van der Waals surface area contributed by atoms with Gasteiger partial charge in [0.2, 0.25) is 5.91 Å². The Hall–Kier alpha value is -1.10. The Bertz CT molecular complexity index is 229. The lowest BCUT2D eigenvalue weighted by Gasteiger charge is -2.14. The summed E-state index contributed by atoms with van der Waals surface area (Å²) in [5.41, 5.74) is 0. The number of aliphatic carboxylic acids is 1. The monoisotopic (exact) mass is 230 g/mol. The van der Waals surface area contributed by atoms with Gasteiger partial charge in [0.05, 0.1) is 6.54 Å². The van der Waals surface area contributed by atoms with E-state index in [2.05, 4.69) is 10.6 Å². The molecule has 16 heavy (non-hydrogen) atoms. The van der Waals surface area contributed by atoms with Crippen molar-refractivity contribution < 1.29 is 14.7 Å². The summed E-state index contributed by atoms with van der Waals surface area (Å²) in [5, 5.41) is 14.3. The number of nitrogens with one attached hydrogen (secondary N) is 2. The number of amides is 1. The van der Waals surface area contributed by atoms with Crippen molar-refractivity contribution in [2.75, 3.05) is 6.54 Å². The summed E-state index contributed by atoms with van der Waals surface area (Å²) in [6.07, 6.45) is 2.35. The van der Waals surface area contributed by atoms with E-state index in [-0.39, 0.29) is 18.5 Å². The van der Waals surface area contributed by atoms with Crippen LogP contribution in [0.25, 0.3) is 0 Å². The van der Waals surface area contributed by atoms with Crippen LogP contribution in [0.5, 0.6) is 0 Å². The van der Waals surface area contributed by atoms with Crippen LogP contribution in [0.15, 0.2) is 0 Å². The third-order valence-electron chi connectivity index (χ3n) is 2.10. The zero-order valence-corrected chi connectivity index (χ0v) is 10.2. The van der Waals surface area contributed by atoms with Crippen molar-refractivity contribution in [3.8, 4) is 0 Å². The first-order valence-corrected chi connectivity index (χ1v) is 5.73. The molecule has 0 bridgehead atoms. The molecule has 0 radical (unpaired) electrons. The summed E-state index contributed by atoms with van der Waals surface area (Å²) in [5.74, 6) is -1.07. The van der Waals surface area contributed by atoms with Crippen LogP contribution in [-0.2, 0) is 9.59 Å². The van der Waals surface area contributed by atoms with Gasteiger partial charge in [0.15, 0.2) is 0 Å². The van der Waals surface area contributed by atoms with Gasteiger partial charge in [-0.25, -0.2) is 0 Å².